The minimum Gasteiger partial charge on any atom is -0.447 e. The molecule has 2 aromatic carbocycles. The number of benzene rings is 2. The van der Waals surface area contributed by atoms with Crippen molar-refractivity contribution >= 4 is 17.7 Å². The van der Waals surface area contributed by atoms with E-state index in [1.165, 1.54) is 11.6 Å². The summed E-state index contributed by atoms with van der Waals surface area (Å²) in [5.41, 5.74) is 2.02. The Balaban J connectivity index is 1.78. The zero-order valence-corrected chi connectivity index (χ0v) is 16.2. The van der Waals surface area contributed by atoms with Gasteiger partial charge in [0.05, 0.1) is 17.2 Å². The largest absolute Gasteiger partial charge is 0.447 e. The van der Waals surface area contributed by atoms with Crippen molar-refractivity contribution in [3.8, 4) is 0 Å². The summed E-state index contributed by atoms with van der Waals surface area (Å²) in [6.45, 7) is 5.76. The van der Waals surface area contributed by atoms with Crippen molar-refractivity contribution in [3.05, 3.63) is 70.5 Å². The van der Waals surface area contributed by atoms with Crippen molar-refractivity contribution in [3.63, 3.8) is 0 Å². The monoisotopic (exact) mass is 390 g/mol. The van der Waals surface area contributed by atoms with E-state index in [1.807, 2.05) is 38.1 Å². The van der Waals surface area contributed by atoms with Crippen LogP contribution in [-0.4, -0.2) is 36.2 Å². The Morgan fingerprint density at radius 1 is 1.26 bits per heavy atom. The van der Waals surface area contributed by atoms with Gasteiger partial charge in [0.2, 0.25) is 0 Å². The highest BCUT2D eigenvalue weighted by Gasteiger charge is 2.35. The van der Waals surface area contributed by atoms with E-state index in [9.17, 15) is 9.18 Å². The lowest BCUT2D eigenvalue weighted by Crippen LogP contribution is -2.40. The number of alkyl carbamates (subject to hydrolysis) is 1. The lowest BCUT2D eigenvalue weighted by molar-refractivity contribution is 0.111. The van der Waals surface area contributed by atoms with Crippen LogP contribution in [0, 0.1) is 5.82 Å². The predicted octanol–water partition coefficient (Wildman–Crippen LogP) is 4.58. The Morgan fingerprint density at radius 2 is 2.00 bits per heavy atom. The van der Waals surface area contributed by atoms with Crippen LogP contribution in [0.4, 0.5) is 9.18 Å². The Hall–Kier alpha value is -2.11. The van der Waals surface area contributed by atoms with Gasteiger partial charge in [-0.25, -0.2) is 9.18 Å². The van der Waals surface area contributed by atoms with Gasteiger partial charge in [0.1, 0.15) is 5.82 Å². The fraction of sp³-hybridized carbons (Fsp3) is 0.381. The third-order valence-corrected chi connectivity index (χ3v) is 4.97. The molecule has 1 saturated heterocycles. The summed E-state index contributed by atoms with van der Waals surface area (Å²) in [4.78, 5) is 14.4. The first-order chi connectivity index (χ1) is 12.9. The standard InChI is InChI=1S/C21H24ClFN2O2/c1-14(2)27-21(26)24-20-13-25(11-15-6-4-3-5-7-15)12-17(20)16-8-9-18(22)19(23)10-16/h3-10,14,17,20H,11-13H2,1-2H3,(H,24,26)/t17-,20+/m0/s1. The maximum Gasteiger partial charge on any atom is 0.407 e. The quantitative estimate of drug-likeness (QED) is 0.812. The molecule has 2 aromatic rings. The highest BCUT2D eigenvalue weighted by Crippen LogP contribution is 2.31. The molecule has 1 amide bonds. The second-order valence-electron chi connectivity index (χ2n) is 7.16. The van der Waals surface area contributed by atoms with Gasteiger partial charge >= 0.3 is 6.09 Å². The Kier molecular flexibility index (Phi) is 6.34. The van der Waals surface area contributed by atoms with Gasteiger partial charge in [0, 0.05) is 25.6 Å². The lowest BCUT2D eigenvalue weighted by atomic mass is 9.94. The number of hydrogen-bond donors (Lipinski definition) is 1. The first kappa shape index (κ1) is 19.6. The van der Waals surface area contributed by atoms with E-state index in [0.717, 1.165) is 12.1 Å². The van der Waals surface area contributed by atoms with Gasteiger partial charge in [0.25, 0.3) is 0 Å². The summed E-state index contributed by atoms with van der Waals surface area (Å²) >= 11 is 5.83. The maximum absolute atomic E-state index is 14.0. The van der Waals surface area contributed by atoms with Crippen LogP contribution >= 0.6 is 11.6 Å². The molecule has 0 radical (unpaired) electrons. The first-order valence-corrected chi connectivity index (χ1v) is 9.48. The smallest absolute Gasteiger partial charge is 0.407 e. The van der Waals surface area contributed by atoms with Crippen LogP contribution in [0.3, 0.4) is 0 Å². The van der Waals surface area contributed by atoms with Gasteiger partial charge in [-0.15, -0.1) is 0 Å². The van der Waals surface area contributed by atoms with Crippen LogP contribution in [0.2, 0.25) is 5.02 Å². The van der Waals surface area contributed by atoms with E-state index < -0.39 is 11.9 Å². The summed E-state index contributed by atoms with van der Waals surface area (Å²) in [5, 5.41) is 3.05. The van der Waals surface area contributed by atoms with Crippen LogP contribution in [0.15, 0.2) is 48.5 Å². The van der Waals surface area contributed by atoms with Crippen LogP contribution in [0.5, 0.6) is 0 Å². The van der Waals surface area contributed by atoms with E-state index in [2.05, 4.69) is 22.3 Å². The van der Waals surface area contributed by atoms with Gasteiger partial charge in [-0.05, 0) is 37.1 Å². The Bertz CT molecular complexity index is 785. The molecule has 0 aliphatic carbocycles. The fourth-order valence-corrected chi connectivity index (χ4v) is 3.60. The number of halogens is 2. The van der Waals surface area contributed by atoms with Crippen LogP contribution in [0.25, 0.3) is 0 Å². The molecular formula is C21H24ClFN2O2. The molecule has 1 heterocycles. The van der Waals surface area contributed by atoms with Crippen LogP contribution in [-0.2, 0) is 11.3 Å². The molecule has 6 heteroatoms. The van der Waals surface area contributed by atoms with Crippen molar-refractivity contribution in [2.75, 3.05) is 13.1 Å². The number of hydrogen-bond acceptors (Lipinski definition) is 3. The molecule has 4 nitrogen and oxygen atoms in total. The van der Waals surface area contributed by atoms with Crippen molar-refractivity contribution in [2.45, 2.75) is 38.5 Å². The Labute approximate surface area is 164 Å². The number of rotatable bonds is 5. The van der Waals surface area contributed by atoms with Crippen molar-refractivity contribution in [1.29, 1.82) is 0 Å². The number of ether oxygens (including phenoxy) is 1. The molecule has 0 bridgehead atoms. The summed E-state index contributed by atoms with van der Waals surface area (Å²) in [6, 6.07) is 14.8. The van der Waals surface area contributed by atoms with E-state index in [4.69, 9.17) is 16.3 Å². The molecule has 1 aliphatic rings. The van der Waals surface area contributed by atoms with Crippen LogP contribution < -0.4 is 5.32 Å². The fourth-order valence-electron chi connectivity index (χ4n) is 3.48. The third kappa shape index (κ3) is 5.21. The third-order valence-electron chi connectivity index (χ3n) is 4.66. The van der Waals surface area contributed by atoms with Crippen molar-refractivity contribution in [2.24, 2.45) is 0 Å². The summed E-state index contributed by atoms with van der Waals surface area (Å²) < 4.78 is 19.2. The van der Waals surface area contributed by atoms with E-state index >= 15 is 0 Å². The molecule has 1 N–H and O–H groups in total. The molecule has 1 fully saturated rings. The molecule has 1 aliphatic heterocycles. The molecule has 0 unspecified atom stereocenters. The highest BCUT2D eigenvalue weighted by atomic mass is 35.5. The van der Waals surface area contributed by atoms with Gasteiger partial charge in [-0.2, -0.15) is 0 Å². The second kappa shape index (κ2) is 8.72. The number of nitrogens with zero attached hydrogens (tertiary/aromatic N) is 1. The maximum atomic E-state index is 14.0. The molecule has 0 aromatic heterocycles. The highest BCUT2D eigenvalue weighted by molar-refractivity contribution is 6.30. The molecule has 0 saturated carbocycles. The van der Waals surface area contributed by atoms with E-state index in [0.29, 0.717) is 13.1 Å². The normalized spacial score (nSPS) is 20.0. The number of carbonyl (C=O) groups excluding carboxylic acids is 1. The zero-order valence-electron chi connectivity index (χ0n) is 15.5. The number of carbonyl (C=O) groups is 1. The summed E-state index contributed by atoms with van der Waals surface area (Å²) in [7, 11) is 0. The molecule has 0 spiro atoms. The number of nitrogens with one attached hydrogen (secondary N) is 1. The van der Waals surface area contributed by atoms with E-state index in [-0.39, 0.29) is 23.1 Å². The predicted molar refractivity (Wildman–Crippen MR) is 104 cm³/mol. The molecule has 2 atom stereocenters. The van der Waals surface area contributed by atoms with E-state index in [1.54, 1.807) is 6.07 Å². The lowest BCUT2D eigenvalue weighted by Gasteiger charge is -2.21. The molecule has 3 rings (SSSR count). The molecule has 27 heavy (non-hydrogen) atoms. The minimum atomic E-state index is -0.448. The average Bonchev–Trinajstić information content (AvgIpc) is 2.99. The topological polar surface area (TPSA) is 41.6 Å². The zero-order chi connectivity index (χ0) is 19.4. The minimum absolute atomic E-state index is 0.0415. The summed E-state index contributed by atoms with van der Waals surface area (Å²) in [6.07, 6.45) is -0.644. The van der Waals surface area contributed by atoms with Gasteiger partial charge < -0.3 is 10.1 Å². The SMILES string of the molecule is CC(C)OC(=O)N[C@@H]1CN(Cc2ccccc2)C[C@H]1c1ccc(Cl)c(F)c1. The summed E-state index contributed by atoms with van der Waals surface area (Å²) in [5.74, 6) is -0.487. The second-order valence-corrected chi connectivity index (χ2v) is 7.57. The molecule has 144 valence electrons. The van der Waals surface area contributed by atoms with Crippen molar-refractivity contribution in [1.82, 2.24) is 10.2 Å². The Morgan fingerprint density at radius 3 is 2.67 bits per heavy atom. The van der Waals surface area contributed by atoms with Crippen molar-refractivity contribution < 1.29 is 13.9 Å². The number of likely N-dealkylation sites (tertiary alicyclic amines) is 1. The number of amides is 1. The molecular weight excluding hydrogens is 367 g/mol. The van der Waals surface area contributed by atoms with Gasteiger partial charge in [-0.3, -0.25) is 4.90 Å². The average molecular weight is 391 g/mol. The van der Waals surface area contributed by atoms with Gasteiger partial charge in [0.15, 0.2) is 0 Å². The van der Waals surface area contributed by atoms with Gasteiger partial charge in [-0.1, -0.05) is 48.0 Å². The van der Waals surface area contributed by atoms with Crippen LogP contribution in [0.1, 0.15) is 30.9 Å². The first-order valence-electron chi connectivity index (χ1n) is 9.10.